The lowest BCUT2D eigenvalue weighted by molar-refractivity contribution is -0.131. The van der Waals surface area contributed by atoms with Crippen molar-refractivity contribution in [2.45, 2.75) is 38.2 Å². The van der Waals surface area contributed by atoms with E-state index in [1.54, 1.807) is 4.90 Å². The number of nitrogens with zero attached hydrogens (tertiary/aromatic N) is 4. The summed E-state index contributed by atoms with van der Waals surface area (Å²) in [5.74, 6) is 1.20. The summed E-state index contributed by atoms with van der Waals surface area (Å²) in [5.41, 5.74) is -0.793. The largest absolute Gasteiger partial charge is 0.387 e. The van der Waals surface area contributed by atoms with Crippen LogP contribution in [0.4, 0.5) is 0 Å². The fourth-order valence-electron chi connectivity index (χ4n) is 2.69. The first kappa shape index (κ1) is 15.9. The second-order valence-corrected chi connectivity index (χ2v) is 5.99. The van der Waals surface area contributed by atoms with Crippen LogP contribution in [0.25, 0.3) is 0 Å². The van der Waals surface area contributed by atoms with Gasteiger partial charge in [0.15, 0.2) is 5.82 Å². The zero-order valence-corrected chi connectivity index (χ0v) is 13.0. The van der Waals surface area contributed by atoms with Crippen molar-refractivity contribution in [3.05, 3.63) is 11.7 Å². The summed E-state index contributed by atoms with van der Waals surface area (Å²) < 4.78 is 5.07. The number of carbonyl (C=O) groups excluding carboxylic acids is 1. The Balaban J connectivity index is 1.81. The lowest BCUT2D eigenvalue weighted by Crippen LogP contribution is -2.43. The van der Waals surface area contributed by atoms with Crippen LogP contribution in [0.2, 0.25) is 0 Å². The minimum absolute atomic E-state index is 0.0286. The Hall–Kier alpha value is -1.47. The molecule has 0 aromatic carbocycles. The molecule has 21 heavy (non-hydrogen) atoms. The van der Waals surface area contributed by atoms with Gasteiger partial charge >= 0.3 is 0 Å². The van der Waals surface area contributed by atoms with Crippen molar-refractivity contribution in [3.63, 3.8) is 0 Å². The van der Waals surface area contributed by atoms with E-state index in [2.05, 4.69) is 10.1 Å². The van der Waals surface area contributed by atoms with Crippen molar-refractivity contribution >= 4 is 5.91 Å². The number of likely N-dealkylation sites (N-methyl/N-ethyl adjacent to an activating group) is 1. The Morgan fingerprint density at radius 2 is 2.29 bits per heavy atom. The van der Waals surface area contributed by atoms with Gasteiger partial charge in [0.1, 0.15) is 0 Å². The maximum absolute atomic E-state index is 12.2. The summed E-state index contributed by atoms with van der Waals surface area (Å²) in [6.45, 7) is 3.52. The van der Waals surface area contributed by atoms with Crippen molar-refractivity contribution < 1.29 is 14.4 Å². The predicted octanol–water partition coefficient (Wildman–Crippen LogP) is 0.0896. The molecule has 118 valence electrons. The number of aliphatic hydroxyl groups is 1. The number of carbonyl (C=O) groups is 1. The van der Waals surface area contributed by atoms with Crippen LogP contribution in [0.1, 0.15) is 31.5 Å². The van der Waals surface area contributed by atoms with E-state index in [1.165, 1.54) is 0 Å². The average molecular weight is 296 g/mol. The highest BCUT2D eigenvalue weighted by atomic mass is 16.5. The Morgan fingerprint density at radius 1 is 1.52 bits per heavy atom. The summed E-state index contributed by atoms with van der Waals surface area (Å²) >= 11 is 0. The van der Waals surface area contributed by atoms with Gasteiger partial charge in [0.05, 0.1) is 12.1 Å². The van der Waals surface area contributed by atoms with Gasteiger partial charge < -0.3 is 19.4 Å². The Bertz CT molecular complexity index is 488. The van der Waals surface area contributed by atoms with Gasteiger partial charge in [0.2, 0.25) is 11.8 Å². The Kier molecular flexibility index (Phi) is 4.95. The van der Waals surface area contributed by atoms with Crippen LogP contribution in [-0.4, -0.2) is 70.3 Å². The van der Waals surface area contributed by atoms with Gasteiger partial charge in [-0.05, 0) is 20.5 Å². The van der Waals surface area contributed by atoms with E-state index in [1.807, 2.05) is 25.9 Å². The molecule has 1 aliphatic rings. The van der Waals surface area contributed by atoms with Crippen molar-refractivity contribution in [3.8, 4) is 0 Å². The highest BCUT2D eigenvalue weighted by Gasteiger charge is 2.38. The average Bonchev–Trinajstić information content (AvgIpc) is 3.02. The van der Waals surface area contributed by atoms with Gasteiger partial charge in [0, 0.05) is 32.4 Å². The van der Waals surface area contributed by atoms with Crippen LogP contribution in [-0.2, 0) is 17.6 Å². The number of hydrogen-bond donors (Lipinski definition) is 1. The van der Waals surface area contributed by atoms with Crippen LogP contribution >= 0.6 is 0 Å². The number of rotatable bonds is 6. The smallest absolute Gasteiger partial charge is 0.227 e. The molecular weight excluding hydrogens is 272 g/mol. The first-order chi connectivity index (χ1) is 9.92. The molecule has 1 atom stereocenters. The molecule has 1 amide bonds. The summed E-state index contributed by atoms with van der Waals surface area (Å²) in [4.78, 5) is 20.0. The molecule has 0 spiro atoms. The number of aryl methyl sites for hydroxylation is 2. The lowest BCUT2D eigenvalue weighted by atomic mass is 10.0. The fourth-order valence-corrected chi connectivity index (χ4v) is 2.69. The molecule has 2 heterocycles. The third-order valence-electron chi connectivity index (χ3n) is 3.67. The third kappa shape index (κ3) is 4.25. The van der Waals surface area contributed by atoms with E-state index in [4.69, 9.17) is 4.52 Å². The molecule has 0 aliphatic carbocycles. The summed E-state index contributed by atoms with van der Waals surface area (Å²) in [6, 6.07) is 0. The van der Waals surface area contributed by atoms with Crippen molar-refractivity contribution in [1.82, 2.24) is 19.9 Å². The van der Waals surface area contributed by atoms with Crippen LogP contribution in [0.5, 0.6) is 0 Å². The molecule has 0 radical (unpaired) electrons. The SMILES string of the molecule is CCc1noc(CCC(=O)N2CCC(O)(CN(C)C)C2)n1. The fraction of sp³-hybridized carbons (Fsp3) is 0.786. The summed E-state index contributed by atoms with van der Waals surface area (Å²) in [6.07, 6.45) is 2.14. The topological polar surface area (TPSA) is 82.7 Å². The standard InChI is InChI=1S/C14H24N4O3/c1-4-11-15-12(21-16-11)5-6-13(19)18-8-7-14(20,10-18)9-17(2)3/h20H,4-10H2,1-3H3. The van der Waals surface area contributed by atoms with Crippen LogP contribution < -0.4 is 0 Å². The van der Waals surface area contributed by atoms with E-state index in [0.29, 0.717) is 50.6 Å². The zero-order valence-electron chi connectivity index (χ0n) is 13.0. The minimum Gasteiger partial charge on any atom is -0.387 e. The molecule has 7 nitrogen and oxygen atoms in total. The van der Waals surface area contributed by atoms with Gasteiger partial charge in [-0.3, -0.25) is 4.79 Å². The summed E-state index contributed by atoms with van der Waals surface area (Å²) in [7, 11) is 3.84. The van der Waals surface area contributed by atoms with E-state index >= 15 is 0 Å². The molecular formula is C14H24N4O3. The van der Waals surface area contributed by atoms with E-state index in [9.17, 15) is 9.90 Å². The quantitative estimate of drug-likeness (QED) is 0.801. The first-order valence-corrected chi connectivity index (χ1v) is 7.38. The van der Waals surface area contributed by atoms with Gasteiger partial charge in [-0.1, -0.05) is 12.1 Å². The zero-order chi connectivity index (χ0) is 15.5. The van der Waals surface area contributed by atoms with Gasteiger partial charge in [-0.25, -0.2) is 0 Å². The van der Waals surface area contributed by atoms with Crippen molar-refractivity contribution in [2.24, 2.45) is 0 Å². The predicted molar refractivity (Wildman–Crippen MR) is 76.7 cm³/mol. The number of hydrogen-bond acceptors (Lipinski definition) is 6. The maximum Gasteiger partial charge on any atom is 0.227 e. The third-order valence-corrected chi connectivity index (χ3v) is 3.67. The molecule has 0 bridgehead atoms. The monoisotopic (exact) mass is 296 g/mol. The first-order valence-electron chi connectivity index (χ1n) is 7.38. The molecule has 1 unspecified atom stereocenters. The number of likely N-dealkylation sites (tertiary alicyclic amines) is 1. The second kappa shape index (κ2) is 6.53. The van der Waals surface area contributed by atoms with Crippen molar-refractivity contribution in [1.29, 1.82) is 0 Å². The highest BCUT2D eigenvalue weighted by molar-refractivity contribution is 5.76. The highest BCUT2D eigenvalue weighted by Crippen LogP contribution is 2.22. The number of aromatic nitrogens is 2. The van der Waals surface area contributed by atoms with Crippen LogP contribution in [0.3, 0.4) is 0 Å². The molecule has 1 fully saturated rings. The Morgan fingerprint density at radius 3 is 2.90 bits per heavy atom. The molecule has 1 aromatic rings. The maximum atomic E-state index is 12.2. The normalized spacial score (nSPS) is 22.2. The Labute approximate surface area is 124 Å². The number of β-amino-alcohol motifs (C(OH)–C–C–N with tert-alkyl or cyclic N) is 1. The van der Waals surface area contributed by atoms with E-state index in [-0.39, 0.29) is 5.91 Å². The molecule has 1 aliphatic heterocycles. The molecule has 0 saturated carbocycles. The molecule has 1 saturated heterocycles. The van der Waals surface area contributed by atoms with Crippen molar-refractivity contribution in [2.75, 3.05) is 33.7 Å². The number of amides is 1. The molecule has 1 aromatic heterocycles. The van der Waals surface area contributed by atoms with Gasteiger partial charge in [0.25, 0.3) is 0 Å². The van der Waals surface area contributed by atoms with Crippen LogP contribution in [0.15, 0.2) is 4.52 Å². The minimum atomic E-state index is -0.793. The lowest BCUT2D eigenvalue weighted by Gasteiger charge is -2.26. The van der Waals surface area contributed by atoms with Crippen LogP contribution in [0, 0.1) is 0 Å². The van der Waals surface area contributed by atoms with E-state index in [0.717, 1.165) is 6.42 Å². The summed E-state index contributed by atoms with van der Waals surface area (Å²) in [5, 5.41) is 14.2. The van der Waals surface area contributed by atoms with Gasteiger partial charge in [-0.15, -0.1) is 0 Å². The van der Waals surface area contributed by atoms with Gasteiger partial charge in [-0.2, -0.15) is 4.98 Å². The van der Waals surface area contributed by atoms with E-state index < -0.39 is 5.60 Å². The molecule has 7 heteroatoms. The molecule has 2 rings (SSSR count). The molecule has 1 N–H and O–H groups in total. The second-order valence-electron chi connectivity index (χ2n) is 5.99.